The van der Waals surface area contributed by atoms with Crippen molar-refractivity contribution < 1.29 is 4.79 Å². The number of nitriles is 1. The van der Waals surface area contributed by atoms with E-state index in [1.807, 2.05) is 19.1 Å². The molecule has 0 atom stereocenters. The van der Waals surface area contributed by atoms with Crippen molar-refractivity contribution in [2.75, 3.05) is 5.32 Å². The van der Waals surface area contributed by atoms with Gasteiger partial charge in [-0.25, -0.2) is 4.98 Å². The van der Waals surface area contributed by atoms with Gasteiger partial charge in [0.1, 0.15) is 0 Å². The maximum Gasteiger partial charge on any atom is 0.257 e. The van der Waals surface area contributed by atoms with Gasteiger partial charge in [0.15, 0.2) is 5.13 Å². The molecule has 0 aliphatic heterocycles. The third-order valence-electron chi connectivity index (χ3n) is 3.50. The Balaban J connectivity index is 1.85. The number of thiazole rings is 1. The second-order valence-corrected chi connectivity index (χ2v) is 6.10. The average molecular weight is 307 g/mol. The minimum absolute atomic E-state index is 0.225. The highest BCUT2D eigenvalue weighted by molar-refractivity contribution is 7.22. The summed E-state index contributed by atoms with van der Waals surface area (Å²) in [5, 5.41) is 12.2. The van der Waals surface area contributed by atoms with Gasteiger partial charge >= 0.3 is 0 Å². The Morgan fingerprint density at radius 2 is 1.86 bits per heavy atom. The molecule has 0 aliphatic carbocycles. The molecule has 0 radical (unpaired) electrons. The lowest BCUT2D eigenvalue weighted by molar-refractivity contribution is 0.102. The van der Waals surface area contributed by atoms with Crippen molar-refractivity contribution >= 4 is 32.6 Å². The quantitative estimate of drug-likeness (QED) is 0.777. The van der Waals surface area contributed by atoms with Crippen LogP contribution in [0.25, 0.3) is 10.2 Å². The molecule has 108 valence electrons. The zero-order chi connectivity index (χ0) is 15.7. The summed E-state index contributed by atoms with van der Waals surface area (Å²) in [6, 6.07) is 12.7. The van der Waals surface area contributed by atoms with Crippen LogP contribution in [0.15, 0.2) is 36.4 Å². The number of hydrogen-bond donors (Lipinski definition) is 1. The number of nitrogens with zero attached hydrogens (tertiary/aromatic N) is 2. The molecule has 0 spiro atoms. The molecule has 0 saturated carbocycles. The Kier molecular flexibility index (Phi) is 3.61. The molecule has 1 heterocycles. The first-order chi connectivity index (χ1) is 10.6. The summed E-state index contributed by atoms with van der Waals surface area (Å²) in [4.78, 5) is 16.6. The Morgan fingerprint density at radius 1 is 1.18 bits per heavy atom. The Hall–Kier alpha value is -2.71. The van der Waals surface area contributed by atoms with Crippen molar-refractivity contribution in [2.45, 2.75) is 13.8 Å². The second-order valence-electron chi connectivity index (χ2n) is 5.07. The minimum atomic E-state index is -0.225. The van der Waals surface area contributed by atoms with Crippen LogP contribution in [0.1, 0.15) is 27.0 Å². The SMILES string of the molecule is Cc1cc2nc(NC(=O)c3ccc(C#N)cc3)sc2cc1C. The fourth-order valence-electron chi connectivity index (χ4n) is 2.10. The topological polar surface area (TPSA) is 65.8 Å². The molecule has 0 saturated heterocycles. The second kappa shape index (κ2) is 5.58. The number of nitrogens with one attached hydrogen (secondary N) is 1. The van der Waals surface area contributed by atoms with Crippen LogP contribution in [0.4, 0.5) is 5.13 Å². The molecule has 3 rings (SSSR count). The van der Waals surface area contributed by atoms with E-state index in [9.17, 15) is 4.79 Å². The number of carbonyl (C=O) groups excluding carboxylic acids is 1. The lowest BCUT2D eigenvalue weighted by atomic mass is 10.1. The number of aromatic nitrogens is 1. The van der Waals surface area contributed by atoms with Gasteiger partial charge in [-0.05, 0) is 61.4 Å². The van der Waals surface area contributed by atoms with Crippen LogP contribution in [0.2, 0.25) is 0 Å². The summed E-state index contributed by atoms with van der Waals surface area (Å²) in [5.74, 6) is -0.225. The van der Waals surface area contributed by atoms with E-state index >= 15 is 0 Å². The molecule has 0 fully saturated rings. The highest BCUT2D eigenvalue weighted by Gasteiger charge is 2.10. The largest absolute Gasteiger partial charge is 0.298 e. The van der Waals surface area contributed by atoms with Gasteiger partial charge in [-0.2, -0.15) is 5.26 Å². The normalized spacial score (nSPS) is 10.4. The maximum atomic E-state index is 12.2. The summed E-state index contributed by atoms with van der Waals surface area (Å²) >= 11 is 1.46. The molecule has 1 aromatic heterocycles. The summed E-state index contributed by atoms with van der Waals surface area (Å²) in [5.41, 5.74) is 4.32. The third kappa shape index (κ3) is 2.69. The van der Waals surface area contributed by atoms with Crippen LogP contribution >= 0.6 is 11.3 Å². The Labute approximate surface area is 132 Å². The Bertz CT molecular complexity index is 865. The fourth-order valence-corrected chi connectivity index (χ4v) is 3.04. The van der Waals surface area contributed by atoms with E-state index in [4.69, 9.17) is 5.26 Å². The van der Waals surface area contributed by atoms with Gasteiger partial charge in [-0.1, -0.05) is 11.3 Å². The van der Waals surface area contributed by atoms with Crippen molar-refractivity contribution in [3.8, 4) is 6.07 Å². The lowest BCUT2D eigenvalue weighted by Gasteiger charge is -2.01. The van der Waals surface area contributed by atoms with Crippen LogP contribution in [-0.4, -0.2) is 10.9 Å². The van der Waals surface area contributed by atoms with E-state index in [1.54, 1.807) is 24.3 Å². The van der Waals surface area contributed by atoms with Crippen molar-refractivity contribution in [1.82, 2.24) is 4.98 Å². The monoisotopic (exact) mass is 307 g/mol. The third-order valence-corrected chi connectivity index (χ3v) is 4.43. The summed E-state index contributed by atoms with van der Waals surface area (Å²) in [7, 11) is 0. The molecular formula is C17H13N3OS. The van der Waals surface area contributed by atoms with Gasteiger partial charge in [0, 0.05) is 5.56 Å². The molecule has 0 bridgehead atoms. The lowest BCUT2D eigenvalue weighted by Crippen LogP contribution is -2.11. The molecule has 5 heteroatoms. The number of aryl methyl sites for hydroxylation is 2. The number of carbonyl (C=O) groups is 1. The number of rotatable bonds is 2. The standard InChI is InChI=1S/C17H13N3OS/c1-10-7-14-15(8-11(10)2)22-17(19-14)20-16(21)13-5-3-12(9-18)4-6-13/h3-8H,1-2H3,(H,19,20,21). The van der Waals surface area contributed by atoms with E-state index in [0.29, 0.717) is 16.3 Å². The van der Waals surface area contributed by atoms with Gasteiger partial charge < -0.3 is 0 Å². The summed E-state index contributed by atoms with van der Waals surface area (Å²) < 4.78 is 1.05. The van der Waals surface area contributed by atoms with Crippen LogP contribution in [0, 0.1) is 25.2 Å². The number of fused-ring (bicyclic) bond motifs is 1. The maximum absolute atomic E-state index is 12.2. The summed E-state index contributed by atoms with van der Waals surface area (Å²) in [6.07, 6.45) is 0. The molecule has 0 aliphatic rings. The number of anilines is 1. The molecule has 1 N–H and O–H groups in total. The number of hydrogen-bond acceptors (Lipinski definition) is 4. The van der Waals surface area contributed by atoms with Gasteiger partial charge in [0.2, 0.25) is 0 Å². The molecule has 22 heavy (non-hydrogen) atoms. The van der Waals surface area contributed by atoms with E-state index < -0.39 is 0 Å². The molecule has 1 amide bonds. The predicted octanol–water partition coefficient (Wildman–Crippen LogP) is 4.04. The first-order valence-electron chi connectivity index (χ1n) is 6.76. The first kappa shape index (κ1) is 14.2. The Morgan fingerprint density at radius 3 is 2.55 bits per heavy atom. The van der Waals surface area contributed by atoms with Crippen molar-refractivity contribution in [2.24, 2.45) is 0 Å². The summed E-state index contributed by atoms with van der Waals surface area (Å²) in [6.45, 7) is 4.10. The van der Waals surface area contributed by atoms with Crippen LogP contribution in [0.3, 0.4) is 0 Å². The fraction of sp³-hybridized carbons (Fsp3) is 0.118. The van der Waals surface area contributed by atoms with Crippen LogP contribution in [0.5, 0.6) is 0 Å². The van der Waals surface area contributed by atoms with Crippen molar-refractivity contribution in [1.29, 1.82) is 5.26 Å². The number of amides is 1. The number of benzene rings is 2. The van der Waals surface area contributed by atoms with Gasteiger partial charge in [0.25, 0.3) is 5.91 Å². The smallest absolute Gasteiger partial charge is 0.257 e. The average Bonchev–Trinajstić information content (AvgIpc) is 2.89. The van der Waals surface area contributed by atoms with E-state index in [1.165, 1.54) is 22.5 Å². The first-order valence-corrected chi connectivity index (χ1v) is 7.58. The molecule has 0 unspecified atom stereocenters. The van der Waals surface area contributed by atoms with Gasteiger partial charge in [-0.15, -0.1) is 0 Å². The molecule has 3 aromatic rings. The van der Waals surface area contributed by atoms with Crippen LogP contribution in [-0.2, 0) is 0 Å². The van der Waals surface area contributed by atoms with Crippen molar-refractivity contribution in [3.05, 3.63) is 58.7 Å². The van der Waals surface area contributed by atoms with E-state index in [2.05, 4.69) is 23.3 Å². The highest BCUT2D eigenvalue weighted by atomic mass is 32.1. The zero-order valence-electron chi connectivity index (χ0n) is 12.2. The molecular weight excluding hydrogens is 294 g/mol. The zero-order valence-corrected chi connectivity index (χ0v) is 13.0. The van der Waals surface area contributed by atoms with Crippen LogP contribution < -0.4 is 5.32 Å². The van der Waals surface area contributed by atoms with E-state index in [0.717, 1.165) is 10.2 Å². The predicted molar refractivity (Wildman–Crippen MR) is 88.2 cm³/mol. The van der Waals surface area contributed by atoms with Gasteiger partial charge in [0.05, 0.1) is 21.8 Å². The van der Waals surface area contributed by atoms with Gasteiger partial charge in [-0.3, -0.25) is 10.1 Å². The van der Waals surface area contributed by atoms with E-state index in [-0.39, 0.29) is 5.91 Å². The highest BCUT2D eigenvalue weighted by Crippen LogP contribution is 2.28. The van der Waals surface area contributed by atoms with Crippen molar-refractivity contribution in [3.63, 3.8) is 0 Å². The minimum Gasteiger partial charge on any atom is -0.298 e. The molecule has 4 nitrogen and oxygen atoms in total. The molecule has 2 aromatic carbocycles.